The summed E-state index contributed by atoms with van der Waals surface area (Å²) in [5.41, 5.74) is 0. The van der Waals surface area contributed by atoms with E-state index < -0.39 is 49.5 Å². The molecule has 0 aromatic rings. The molecular formula is C40H69NO8. The Hall–Kier alpha value is -2.11. The molecule has 7 unspecified atom stereocenters. The van der Waals surface area contributed by atoms with E-state index in [1.54, 1.807) is 0 Å². The molecule has 9 heteroatoms. The quantitative estimate of drug-likeness (QED) is 0.0385. The molecule has 1 aliphatic rings. The first-order valence-corrected chi connectivity index (χ1v) is 19.0. The largest absolute Gasteiger partial charge is 0.394 e. The Kier molecular flexibility index (Phi) is 28.1. The monoisotopic (exact) mass is 692 g/mol. The molecule has 49 heavy (non-hydrogen) atoms. The second-order valence-corrected chi connectivity index (χ2v) is 13.0. The maximum absolute atomic E-state index is 12.8. The molecule has 1 aliphatic heterocycles. The van der Waals surface area contributed by atoms with Gasteiger partial charge in [0.15, 0.2) is 6.29 Å². The van der Waals surface area contributed by atoms with Crippen LogP contribution in [0.25, 0.3) is 0 Å². The van der Waals surface area contributed by atoms with Crippen molar-refractivity contribution < 1.29 is 39.8 Å². The summed E-state index contributed by atoms with van der Waals surface area (Å²) in [5, 5.41) is 53.8. The number of hydrogen-bond acceptors (Lipinski definition) is 8. The number of carbonyl (C=O) groups excluding carboxylic acids is 1. The van der Waals surface area contributed by atoms with Gasteiger partial charge in [0.05, 0.1) is 25.4 Å². The Balaban J connectivity index is 2.39. The summed E-state index contributed by atoms with van der Waals surface area (Å²) in [5.74, 6) is -0.184. The first-order valence-electron chi connectivity index (χ1n) is 19.0. The second-order valence-electron chi connectivity index (χ2n) is 13.0. The molecule has 282 valence electrons. The lowest BCUT2D eigenvalue weighted by molar-refractivity contribution is -0.302. The molecule has 0 saturated carbocycles. The third-order valence-electron chi connectivity index (χ3n) is 8.64. The number of allylic oxidation sites excluding steroid dienone is 10. The van der Waals surface area contributed by atoms with Crippen LogP contribution in [0.2, 0.25) is 0 Å². The number of unbranched alkanes of at least 4 members (excludes halogenated alkanes) is 9. The number of aliphatic hydroxyl groups is 5. The van der Waals surface area contributed by atoms with Crippen molar-refractivity contribution in [1.29, 1.82) is 0 Å². The van der Waals surface area contributed by atoms with Gasteiger partial charge in [-0.15, -0.1) is 0 Å². The molecule has 7 atom stereocenters. The highest BCUT2D eigenvalue weighted by atomic mass is 16.7. The van der Waals surface area contributed by atoms with Crippen LogP contribution in [0.15, 0.2) is 60.8 Å². The number of hydrogen-bond donors (Lipinski definition) is 6. The fourth-order valence-electron chi connectivity index (χ4n) is 5.54. The summed E-state index contributed by atoms with van der Waals surface area (Å²) in [6.07, 6.45) is 31.0. The molecule has 0 aromatic heterocycles. The Labute approximate surface area is 296 Å². The normalized spacial score (nSPS) is 23.1. The summed E-state index contributed by atoms with van der Waals surface area (Å²) in [4.78, 5) is 12.8. The first kappa shape index (κ1) is 44.9. The third-order valence-corrected chi connectivity index (χ3v) is 8.64. The van der Waals surface area contributed by atoms with Gasteiger partial charge in [0.25, 0.3) is 0 Å². The van der Waals surface area contributed by atoms with Crippen LogP contribution in [0.3, 0.4) is 0 Å². The second kappa shape index (κ2) is 30.7. The number of rotatable bonds is 29. The van der Waals surface area contributed by atoms with E-state index in [2.05, 4.69) is 79.9 Å². The average molecular weight is 692 g/mol. The van der Waals surface area contributed by atoms with E-state index >= 15 is 0 Å². The lowest BCUT2D eigenvalue weighted by Gasteiger charge is -2.40. The molecule has 0 aromatic carbocycles. The number of aliphatic hydroxyl groups excluding tert-OH is 5. The van der Waals surface area contributed by atoms with Gasteiger partial charge in [0.1, 0.15) is 24.4 Å². The smallest absolute Gasteiger partial charge is 0.220 e. The van der Waals surface area contributed by atoms with Crippen LogP contribution in [-0.2, 0) is 14.3 Å². The van der Waals surface area contributed by atoms with Gasteiger partial charge < -0.3 is 40.3 Å². The maximum Gasteiger partial charge on any atom is 0.220 e. The molecule has 0 radical (unpaired) electrons. The van der Waals surface area contributed by atoms with Crippen LogP contribution in [0.5, 0.6) is 0 Å². The molecule has 1 amide bonds. The third kappa shape index (κ3) is 22.4. The van der Waals surface area contributed by atoms with Gasteiger partial charge in [-0.25, -0.2) is 0 Å². The lowest BCUT2D eigenvalue weighted by atomic mass is 9.99. The molecule has 0 bridgehead atoms. The zero-order chi connectivity index (χ0) is 36.0. The van der Waals surface area contributed by atoms with Crippen LogP contribution in [-0.4, -0.2) is 87.5 Å². The predicted octanol–water partition coefficient (Wildman–Crippen LogP) is 6.49. The van der Waals surface area contributed by atoms with Gasteiger partial charge in [-0.3, -0.25) is 4.79 Å². The summed E-state index contributed by atoms with van der Waals surface area (Å²) < 4.78 is 11.1. The Bertz CT molecular complexity index is 947. The van der Waals surface area contributed by atoms with Gasteiger partial charge in [-0.2, -0.15) is 0 Å². The van der Waals surface area contributed by atoms with Crippen molar-refractivity contribution in [3.63, 3.8) is 0 Å². The van der Waals surface area contributed by atoms with Crippen molar-refractivity contribution in [3.8, 4) is 0 Å². The Morgan fingerprint density at radius 3 is 1.86 bits per heavy atom. The minimum atomic E-state index is -1.56. The van der Waals surface area contributed by atoms with Crippen LogP contribution in [0.1, 0.15) is 129 Å². The number of carbonyl (C=O) groups is 1. The highest BCUT2D eigenvalue weighted by molar-refractivity contribution is 5.76. The summed E-state index contributed by atoms with van der Waals surface area (Å²) >= 11 is 0. The molecule has 1 fully saturated rings. The highest BCUT2D eigenvalue weighted by Gasteiger charge is 2.44. The van der Waals surface area contributed by atoms with Crippen molar-refractivity contribution in [2.24, 2.45) is 0 Å². The van der Waals surface area contributed by atoms with Crippen molar-refractivity contribution in [2.45, 2.75) is 172 Å². The van der Waals surface area contributed by atoms with Crippen molar-refractivity contribution >= 4 is 5.91 Å². The Morgan fingerprint density at radius 1 is 0.714 bits per heavy atom. The van der Waals surface area contributed by atoms with Crippen LogP contribution < -0.4 is 5.32 Å². The molecular weight excluding hydrogens is 622 g/mol. The molecule has 1 rings (SSSR count). The van der Waals surface area contributed by atoms with Crippen molar-refractivity contribution in [2.75, 3.05) is 13.2 Å². The summed E-state index contributed by atoms with van der Waals surface area (Å²) in [6.45, 7) is 3.61. The standard InChI is InChI=1S/C40H69NO8/c1-3-5-7-9-11-12-13-14-15-16-17-18-19-20-21-22-24-26-28-30-36(44)41-33(34(43)29-27-25-23-10-8-6-4-2)32-48-40-39(47)38(46)37(45)35(31-42)49-40/h5,7,11-12,14-15,17-18,20-21,33-35,37-40,42-43,45-47H,3-4,6,8-10,13,16,19,22-32H2,1-2H3,(H,41,44)/b7-5-,12-11-,15-14-,18-17-,21-20-. The van der Waals surface area contributed by atoms with Crippen LogP contribution in [0, 0.1) is 0 Å². The van der Waals surface area contributed by atoms with E-state index in [4.69, 9.17) is 9.47 Å². The van der Waals surface area contributed by atoms with Gasteiger partial charge in [0.2, 0.25) is 5.91 Å². The minimum Gasteiger partial charge on any atom is -0.394 e. The first-order chi connectivity index (χ1) is 23.8. The van der Waals surface area contributed by atoms with Crippen LogP contribution >= 0.6 is 0 Å². The van der Waals surface area contributed by atoms with E-state index in [1.807, 2.05) is 0 Å². The van der Waals surface area contributed by atoms with Gasteiger partial charge in [-0.05, 0) is 57.8 Å². The summed E-state index contributed by atoms with van der Waals surface area (Å²) in [7, 11) is 0. The topological polar surface area (TPSA) is 149 Å². The fourth-order valence-corrected chi connectivity index (χ4v) is 5.54. The zero-order valence-corrected chi connectivity index (χ0v) is 30.4. The van der Waals surface area contributed by atoms with E-state index in [0.29, 0.717) is 12.8 Å². The van der Waals surface area contributed by atoms with Crippen molar-refractivity contribution in [3.05, 3.63) is 60.8 Å². The molecule has 6 N–H and O–H groups in total. The number of ether oxygens (including phenoxy) is 2. The highest BCUT2D eigenvalue weighted by Crippen LogP contribution is 2.22. The molecule has 9 nitrogen and oxygen atoms in total. The van der Waals surface area contributed by atoms with E-state index in [-0.39, 0.29) is 12.5 Å². The number of amides is 1. The zero-order valence-electron chi connectivity index (χ0n) is 30.4. The van der Waals surface area contributed by atoms with E-state index in [0.717, 1.165) is 77.0 Å². The fraction of sp³-hybridized carbons (Fsp3) is 0.725. The van der Waals surface area contributed by atoms with Crippen LogP contribution in [0.4, 0.5) is 0 Å². The molecule has 0 aliphatic carbocycles. The molecule has 1 heterocycles. The van der Waals surface area contributed by atoms with Gasteiger partial charge >= 0.3 is 0 Å². The average Bonchev–Trinajstić information content (AvgIpc) is 3.10. The summed E-state index contributed by atoms with van der Waals surface area (Å²) in [6, 6.07) is -0.735. The molecule has 0 spiro atoms. The minimum absolute atomic E-state index is 0.157. The van der Waals surface area contributed by atoms with Crippen molar-refractivity contribution in [1.82, 2.24) is 5.32 Å². The van der Waals surface area contributed by atoms with Gasteiger partial charge in [-0.1, -0.05) is 126 Å². The predicted molar refractivity (Wildman–Crippen MR) is 198 cm³/mol. The maximum atomic E-state index is 12.8. The number of nitrogens with one attached hydrogen (secondary N) is 1. The molecule has 1 saturated heterocycles. The van der Waals surface area contributed by atoms with Gasteiger partial charge in [0, 0.05) is 6.42 Å². The SMILES string of the molecule is CC/C=C\C/C=C\C/C=C\C/C=C\C/C=C\CCCCCC(=O)NC(COC1OC(CO)C(O)C(O)C1O)C(O)CCCCCCCCC. The lowest BCUT2D eigenvalue weighted by Crippen LogP contribution is -2.60. The Morgan fingerprint density at radius 2 is 1.27 bits per heavy atom. The van der Waals surface area contributed by atoms with E-state index in [9.17, 15) is 30.3 Å². The van der Waals surface area contributed by atoms with E-state index in [1.165, 1.54) is 25.7 Å².